The van der Waals surface area contributed by atoms with Gasteiger partial charge in [-0.05, 0) is 56.7 Å². The van der Waals surface area contributed by atoms with E-state index in [1.54, 1.807) is 17.0 Å². The van der Waals surface area contributed by atoms with Crippen molar-refractivity contribution in [2.75, 3.05) is 4.90 Å². The van der Waals surface area contributed by atoms with Gasteiger partial charge in [-0.1, -0.05) is 58.7 Å². The highest BCUT2D eigenvalue weighted by molar-refractivity contribution is 6.01. The second-order valence-corrected chi connectivity index (χ2v) is 8.40. The maximum Gasteiger partial charge on any atom is 0.326 e. The van der Waals surface area contributed by atoms with Gasteiger partial charge in [-0.25, -0.2) is 9.18 Å². The number of amides is 2. The van der Waals surface area contributed by atoms with Gasteiger partial charge in [0, 0.05) is 11.3 Å². The molecule has 4 aromatic rings. The zero-order chi connectivity index (χ0) is 23.8. The fourth-order valence-electron chi connectivity index (χ4n) is 4.16. The van der Waals surface area contributed by atoms with Crippen LogP contribution < -0.4 is 10.2 Å². The molecule has 1 atom stereocenters. The van der Waals surface area contributed by atoms with E-state index >= 15 is 0 Å². The summed E-state index contributed by atoms with van der Waals surface area (Å²) in [4.78, 5) is 19.5. The average molecular weight is 455 g/mol. The van der Waals surface area contributed by atoms with Gasteiger partial charge in [0.05, 0.1) is 17.3 Å². The number of allylic oxidation sites excluding steroid dienone is 1. The number of urea groups is 1. The fraction of sp³-hybridized carbons (Fsp3) is 0.148. The summed E-state index contributed by atoms with van der Waals surface area (Å²) in [5.41, 5.74) is 5.74. The Morgan fingerprint density at radius 1 is 0.941 bits per heavy atom. The van der Waals surface area contributed by atoms with Gasteiger partial charge in [-0.2, -0.15) is 4.98 Å². The van der Waals surface area contributed by atoms with Crippen molar-refractivity contribution in [1.82, 2.24) is 15.5 Å². The van der Waals surface area contributed by atoms with Crippen LogP contribution in [0.2, 0.25) is 0 Å². The molecule has 170 valence electrons. The van der Waals surface area contributed by atoms with Crippen LogP contribution in [-0.2, 0) is 0 Å². The molecule has 5 rings (SSSR count). The van der Waals surface area contributed by atoms with E-state index in [0.717, 1.165) is 16.7 Å². The van der Waals surface area contributed by atoms with Gasteiger partial charge in [0.25, 0.3) is 5.89 Å². The maximum atomic E-state index is 13.6. The maximum absolute atomic E-state index is 13.6. The smallest absolute Gasteiger partial charge is 0.326 e. The van der Waals surface area contributed by atoms with E-state index in [1.165, 1.54) is 12.1 Å². The standard InChI is InChI=1S/C27H23FN4O2/c1-16-7-13-22(14-8-16)32-18(3)23(24(29-27(32)33)19-9-11-21(28)12-10-19)26-30-25(31-34-26)20-6-4-5-17(2)15-20/h4-15,24H,1-3H3,(H,29,33). The molecular weight excluding hydrogens is 431 g/mol. The lowest BCUT2D eigenvalue weighted by Crippen LogP contribution is -2.46. The molecule has 0 saturated heterocycles. The molecule has 6 nitrogen and oxygen atoms in total. The second kappa shape index (κ2) is 8.59. The molecule has 34 heavy (non-hydrogen) atoms. The van der Waals surface area contributed by atoms with Crippen molar-refractivity contribution in [2.24, 2.45) is 0 Å². The number of anilines is 1. The molecule has 1 N–H and O–H groups in total. The predicted octanol–water partition coefficient (Wildman–Crippen LogP) is 6.19. The highest BCUT2D eigenvalue weighted by Gasteiger charge is 2.36. The Bertz CT molecular complexity index is 1390. The number of aryl methyl sites for hydroxylation is 2. The first-order valence-corrected chi connectivity index (χ1v) is 11.0. The number of carbonyl (C=O) groups is 1. The molecule has 7 heteroatoms. The van der Waals surface area contributed by atoms with Crippen LogP contribution in [0.4, 0.5) is 14.9 Å². The van der Waals surface area contributed by atoms with Crippen LogP contribution in [-0.4, -0.2) is 16.2 Å². The molecule has 1 aromatic heterocycles. The predicted molar refractivity (Wildman–Crippen MR) is 128 cm³/mol. The number of halogens is 1. The highest BCUT2D eigenvalue weighted by Crippen LogP contribution is 2.39. The van der Waals surface area contributed by atoms with Gasteiger partial charge >= 0.3 is 6.03 Å². The zero-order valence-corrected chi connectivity index (χ0v) is 19.0. The summed E-state index contributed by atoms with van der Waals surface area (Å²) in [5, 5.41) is 7.23. The van der Waals surface area contributed by atoms with Crippen molar-refractivity contribution in [3.05, 3.63) is 107 Å². The van der Waals surface area contributed by atoms with E-state index in [2.05, 4.69) is 15.5 Å². The summed E-state index contributed by atoms with van der Waals surface area (Å²) >= 11 is 0. The molecule has 0 radical (unpaired) electrons. The van der Waals surface area contributed by atoms with E-state index in [4.69, 9.17) is 4.52 Å². The van der Waals surface area contributed by atoms with Crippen molar-refractivity contribution < 1.29 is 13.7 Å². The lowest BCUT2D eigenvalue weighted by molar-refractivity contribution is 0.244. The second-order valence-electron chi connectivity index (χ2n) is 8.40. The van der Waals surface area contributed by atoms with Crippen LogP contribution in [0.15, 0.2) is 83.0 Å². The van der Waals surface area contributed by atoms with Gasteiger partial charge in [-0.15, -0.1) is 0 Å². The molecule has 0 spiro atoms. The summed E-state index contributed by atoms with van der Waals surface area (Å²) in [6.07, 6.45) is 0. The van der Waals surface area contributed by atoms with E-state index in [9.17, 15) is 9.18 Å². The largest absolute Gasteiger partial charge is 0.334 e. The first-order chi connectivity index (χ1) is 16.4. The third-order valence-electron chi connectivity index (χ3n) is 5.91. The number of hydrogen-bond acceptors (Lipinski definition) is 4. The van der Waals surface area contributed by atoms with E-state index in [0.29, 0.717) is 34.2 Å². The van der Waals surface area contributed by atoms with Gasteiger partial charge in [0.15, 0.2) is 0 Å². The monoisotopic (exact) mass is 454 g/mol. The van der Waals surface area contributed by atoms with Crippen LogP contribution in [0.3, 0.4) is 0 Å². The fourth-order valence-corrected chi connectivity index (χ4v) is 4.16. The quantitative estimate of drug-likeness (QED) is 0.399. The van der Waals surface area contributed by atoms with Crippen LogP contribution in [0, 0.1) is 19.7 Å². The van der Waals surface area contributed by atoms with Crippen molar-refractivity contribution >= 4 is 17.3 Å². The van der Waals surface area contributed by atoms with Crippen molar-refractivity contribution in [2.45, 2.75) is 26.8 Å². The molecule has 3 aromatic carbocycles. The lowest BCUT2D eigenvalue weighted by atomic mass is 9.94. The lowest BCUT2D eigenvalue weighted by Gasteiger charge is -2.35. The number of aromatic nitrogens is 2. The molecule has 1 aliphatic heterocycles. The van der Waals surface area contributed by atoms with E-state index < -0.39 is 6.04 Å². The molecule has 1 aliphatic rings. The Morgan fingerprint density at radius 2 is 1.68 bits per heavy atom. The molecule has 2 heterocycles. The summed E-state index contributed by atoms with van der Waals surface area (Å²) in [6, 6.07) is 20.7. The topological polar surface area (TPSA) is 71.3 Å². The molecular formula is C27H23FN4O2. The van der Waals surface area contributed by atoms with Crippen molar-refractivity contribution in [1.29, 1.82) is 0 Å². The first-order valence-electron chi connectivity index (χ1n) is 11.0. The van der Waals surface area contributed by atoms with Crippen molar-refractivity contribution in [3.8, 4) is 11.4 Å². The number of nitrogens with one attached hydrogen (secondary N) is 1. The van der Waals surface area contributed by atoms with Gasteiger partial charge < -0.3 is 9.84 Å². The summed E-state index contributed by atoms with van der Waals surface area (Å²) < 4.78 is 19.3. The zero-order valence-electron chi connectivity index (χ0n) is 19.0. The van der Waals surface area contributed by atoms with Gasteiger partial charge in [0.1, 0.15) is 5.82 Å². The Labute approximate surface area is 196 Å². The number of rotatable bonds is 4. The number of benzene rings is 3. The summed E-state index contributed by atoms with van der Waals surface area (Å²) in [7, 11) is 0. The number of hydrogen-bond donors (Lipinski definition) is 1. The van der Waals surface area contributed by atoms with Crippen molar-refractivity contribution in [3.63, 3.8) is 0 Å². The minimum absolute atomic E-state index is 0.292. The number of nitrogens with zero attached hydrogens (tertiary/aromatic N) is 3. The molecule has 1 unspecified atom stereocenters. The molecule has 0 bridgehead atoms. The SMILES string of the molecule is CC1=C(c2nc(-c3cccc(C)c3)no2)C(c2ccc(F)cc2)NC(=O)N1c1ccc(C)cc1. The Kier molecular flexibility index (Phi) is 5.45. The average Bonchev–Trinajstić information content (AvgIpc) is 3.30. The Hall–Kier alpha value is -4.26. The van der Waals surface area contributed by atoms with Crippen LogP contribution >= 0.6 is 0 Å². The van der Waals surface area contributed by atoms with Crippen LogP contribution in [0.1, 0.15) is 35.5 Å². The molecule has 0 aliphatic carbocycles. The summed E-state index contributed by atoms with van der Waals surface area (Å²) in [5.74, 6) is 0.394. The van der Waals surface area contributed by atoms with E-state index in [-0.39, 0.29) is 11.8 Å². The summed E-state index contributed by atoms with van der Waals surface area (Å²) in [6.45, 7) is 5.84. The number of carbonyl (C=O) groups excluding carboxylic acids is 1. The minimum Gasteiger partial charge on any atom is -0.334 e. The van der Waals surface area contributed by atoms with Crippen LogP contribution in [0.5, 0.6) is 0 Å². The normalized spacial score (nSPS) is 16.1. The molecule has 2 amide bonds. The Balaban J connectivity index is 1.65. The third kappa shape index (κ3) is 3.96. The highest BCUT2D eigenvalue weighted by atomic mass is 19.1. The van der Waals surface area contributed by atoms with Gasteiger partial charge in [-0.3, -0.25) is 4.90 Å². The molecule has 0 saturated carbocycles. The third-order valence-corrected chi connectivity index (χ3v) is 5.91. The Morgan fingerprint density at radius 3 is 2.38 bits per heavy atom. The van der Waals surface area contributed by atoms with Gasteiger partial charge in [0.2, 0.25) is 5.82 Å². The van der Waals surface area contributed by atoms with E-state index in [1.807, 2.05) is 69.3 Å². The van der Waals surface area contributed by atoms with Crippen LogP contribution in [0.25, 0.3) is 17.0 Å². The first kappa shape index (κ1) is 21.6. The minimum atomic E-state index is -0.583. The molecule has 0 fully saturated rings.